The van der Waals surface area contributed by atoms with Crippen molar-refractivity contribution in [2.24, 2.45) is 0 Å². The van der Waals surface area contributed by atoms with E-state index in [1.807, 2.05) is 0 Å². The maximum atomic E-state index is 12.6. The second kappa shape index (κ2) is 6.51. The molecule has 9 heteroatoms. The molecule has 2 fully saturated rings. The first-order chi connectivity index (χ1) is 11.5. The van der Waals surface area contributed by atoms with E-state index in [-0.39, 0.29) is 35.4 Å². The van der Waals surface area contributed by atoms with E-state index in [4.69, 9.17) is 16.3 Å². The first-order valence-electron chi connectivity index (χ1n) is 8.13. The average molecular weight is 355 g/mol. The van der Waals surface area contributed by atoms with Gasteiger partial charge in [0.1, 0.15) is 11.7 Å². The van der Waals surface area contributed by atoms with Gasteiger partial charge in [0, 0.05) is 6.04 Å². The van der Waals surface area contributed by atoms with Crippen molar-refractivity contribution < 1.29 is 14.5 Å². The summed E-state index contributed by atoms with van der Waals surface area (Å²) >= 11 is 5.90. The molecule has 0 aromatic carbocycles. The van der Waals surface area contributed by atoms with Crippen LogP contribution in [0.25, 0.3) is 0 Å². The van der Waals surface area contributed by atoms with Gasteiger partial charge in [-0.3, -0.25) is 10.1 Å². The van der Waals surface area contributed by atoms with Crippen LogP contribution >= 0.6 is 11.6 Å². The molecule has 0 N–H and O–H groups in total. The second-order valence-corrected chi connectivity index (χ2v) is 6.50. The van der Waals surface area contributed by atoms with Gasteiger partial charge in [-0.05, 0) is 44.2 Å². The Morgan fingerprint density at radius 1 is 1.50 bits per heavy atom. The summed E-state index contributed by atoms with van der Waals surface area (Å²) in [6.07, 6.45) is 6.06. The van der Waals surface area contributed by atoms with Gasteiger partial charge in [-0.1, -0.05) is 12.8 Å². The van der Waals surface area contributed by atoms with Crippen LogP contribution in [0.3, 0.4) is 0 Å². The Balaban J connectivity index is 2.08. The molecule has 0 unspecified atom stereocenters. The van der Waals surface area contributed by atoms with Crippen LogP contribution in [0.15, 0.2) is 6.20 Å². The van der Waals surface area contributed by atoms with Gasteiger partial charge >= 0.3 is 11.7 Å². The van der Waals surface area contributed by atoms with Crippen molar-refractivity contribution in [1.82, 2.24) is 9.97 Å². The van der Waals surface area contributed by atoms with Crippen LogP contribution in [0.4, 0.5) is 11.5 Å². The highest BCUT2D eigenvalue weighted by molar-refractivity contribution is 6.28. The number of rotatable bonds is 6. The monoisotopic (exact) mass is 354 g/mol. The molecule has 2 saturated carbocycles. The summed E-state index contributed by atoms with van der Waals surface area (Å²) < 4.78 is 5.23. The molecule has 2 aliphatic rings. The minimum atomic E-state index is -0.868. The number of carbonyl (C=O) groups excluding carboxylic acids is 1. The van der Waals surface area contributed by atoms with Gasteiger partial charge in [0.15, 0.2) is 0 Å². The van der Waals surface area contributed by atoms with Gasteiger partial charge in [0.05, 0.1) is 11.5 Å². The van der Waals surface area contributed by atoms with Gasteiger partial charge in [0.2, 0.25) is 11.1 Å². The predicted molar refractivity (Wildman–Crippen MR) is 87.0 cm³/mol. The molecule has 2 aliphatic carbocycles. The smallest absolute Gasteiger partial charge is 0.332 e. The molecule has 0 saturated heterocycles. The molecular weight excluding hydrogens is 336 g/mol. The lowest BCUT2D eigenvalue weighted by Crippen LogP contribution is -2.50. The maximum absolute atomic E-state index is 12.6. The fourth-order valence-electron chi connectivity index (χ4n) is 3.47. The minimum absolute atomic E-state index is 0.0153. The third kappa shape index (κ3) is 2.90. The van der Waals surface area contributed by atoms with Crippen LogP contribution in [0, 0.1) is 10.1 Å². The first kappa shape index (κ1) is 16.9. The Labute approximate surface area is 144 Å². The molecule has 0 atom stereocenters. The van der Waals surface area contributed by atoms with E-state index >= 15 is 0 Å². The highest BCUT2D eigenvalue weighted by Crippen LogP contribution is 2.50. The summed E-state index contributed by atoms with van der Waals surface area (Å²) in [5.74, 6) is -0.224. The van der Waals surface area contributed by atoms with Crippen LogP contribution < -0.4 is 4.90 Å². The maximum Gasteiger partial charge on any atom is 0.332 e. The number of halogens is 1. The molecule has 0 spiro atoms. The number of ether oxygens (including phenoxy) is 1. The molecule has 1 heterocycles. The molecule has 0 amide bonds. The highest BCUT2D eigenvalue weighted by Gasteiger charge is 2.59. The molecule has 24 heavy (non-hydrogen) atoms. The van der Waals surface area contributed by atoms with Gasteiger partial charge in [-0.15, -0.1) is 0 Å². The fraction of sp³-hybridized carbons (Fsp3) is 0.667. The van der Waals surface area contributed by atoms with Crippen LogP contribution in [0.1, 0.15) is 45.4 Å². The molecule has 3 rings (SSSR count). The lowest BCUT2D eigenvalue weighted by molar-refractivity contribution is -0.384. The molecule has 0 bridgehead atoms. The Bertz CT molecular complexity index is 659. The lowest BCUT2D eigenvalue weighted by atomic mass is 10.1. The number of hydrogen-bond donors (Lipinski definition) is 0. The van der Waals surface area contributed by atoms with Gasteiger partial charge < -0.3 is 9.64 Å². The van der Waals surface area contributed by atoms with Gasteiger partial charge in [-0.25, -0.2) is 9.78 Å². The zero-order chi connectivity index (χ0) is 17.3. The van der Waals surface area contributed by atoms with E-state index in [2.05, 4.69) is 9.97 Å². The fourth-order valence-corrected chi connectivity index (χ4v) is 3.60. The number of nitrogens with zero attached hydrogens (tertiary/aromatic N) is 4. The summed E-state index contributed by atoms with van der Waals surface area (Å²) in [4.78, 5) is 33.1. The Kier molecular flexibility index (Phi) is 4.58. The molecular formula is C15H19ClN4O4. The van der Waals surface area contributed by atoms with E-state index in [1.54, 1.807) is 11.8 Å². The molecule has 0 radical (unpaired) electrons. The van der Waals surface area contributed by atoms with Crippen molar-refractivity contribution in [3.05, 3.63) is 21.6 Å². The van der Waals surface area contributed by atoms with E-state index in [0.29, 0.717) is 12.8 Å². The number of anilines is 1. The molecule has 1 aromatic rings. The zero-order valence-corrected chi connectivity index (χ0v) is 14.2. The summed E-state index contributed by atoms with van der Waals surface area (Å²) in [5, 5.41) is 11.4. The van der Waals surface area contributed by atoms with Crippen LogP contribution in [0.5, 0.6) is 0 Å². The van der Waals surface area contributed by atoms with Crippen LogP contribution in [0.2, 0.25) is 5.28 Å². The molecule has 1 aromatic heterocycles. The zero-order valence-electron chi connectivity index (χ0n) is 13.4. The standard InChI is InChI=1S/C15H19ClN4O4/c1-2-24-13(21)15(7-8-15)19(10-5-3-4-6-10)12-11(20(22)23)9-17-14(16)18-12/h9-10H,2-8H2,1H3. The van der Waals surface area contributed by atoms with Crippen molar-refractivity contribution >= 4 is 29.1 Å². The molecule has 0 aliphatic heterocycles. The topological polar surface area (TPSA) is 98.5 Å². The SMILES string of the molecule is CCOC(=O)C1(N(c2nc(Cl)ncc2[N+](=O)[O-])C2CCCC2)CC1. The number of carbonyl (C=O) groups is 1. The van der Waals surface area contributed by atoms with Crippen LogP contribution in [-0.2, 0) is 9.53 Å². The molecule has 130 valence electrons. The van der Waals surface area contributed by atoms with E-state index in [9.17, 15) is 14.9 Å². The molecule has 8 nitrogen and oxygen atoms in total. The van der Waals surface area contributed by atoms with Crippen molar-refractivity contribution in [3.8, 4) is 0 Å². The summed E-state index contributed by atoms with van der Waals surface area (Å²) in [6, 6.07) is 0.0153. The van der Waals surface area contributed by atoms with E-state index in [1.165, 1.54) is 0 Å². The Hall–Kier alpha value is -1.96. The highest BCUT2D eigenvalue weighted by atomic mass is 35.5. The lowest BCUT2D eigenvalue weighted by Gasteiger charge is -2.36. The van der Waals surface area contributed by atoms with Gasteiger partial charge in [-0.2, -0.15) is 4.98 Å². The summed E-state index contributed by atoms with van der Waals surface area (Å²) in [5.41, 5.74) is -1.10. The average Bonchev–Trinajstić information content (AvgIpc) is 3.15. The summed E-state index contributed by atoms with van der Waals surface area (Å²) in [6.45, 7) is 2.02. The second-order valence-electron chi connectivity index (χ2n) is 6.17. The van der Waals surface area contributed by atoms with Crippen LogP contribution in [-0.4, -0.2) is 39.0 Å². The first-order valence-corrected chi connectivity index (χ1v) is 8.51. The third-order valence-corrected chi connectivity index (χ3v) is 4.86. The van der Waals surface area contributed by atoms with Crippen molar-refractivity contribution in [1.29, 1.82) is 0 Å². The number of aromatic nitrogens is 2. The summed E-state index contributed by atoms with van der Waals surface area (Å²) in [7, 11) is 0. The predicted octanol–water partition coefficient (Wildman–Crippen LogP) is 2.88. The van der Waals surface area contributed by atoms with Crippen molar-refractivity contribution in [2.75, 3.05) is 11.5 Å². The Morgan fingerprint density at radius 2 is 2.17 bits per heavy atom. The largest absolute Gasteiger partial charge is 0.464 e. The normalized spacial score (nSPS) is 19.1. The quantitative estimate of drug-likeness (QED) is 0.335. The van der Waals surface area contributed by atoms with Gasteiger partial charge in [0.25, 0.3) is 0 Å². The third-order valence-electron chi connectivity index (χ3n) is 4.68. The Morgan fingerprint density at radius 3 is 2.71 bits per heavy atom. The number of esters is 1. The number of hydrogen-bond acceptors (Lipinski definition) is 7. The van der Waals surface area contributed by atoms with Crippen molar-refractivity contribution in [3.63, 3.8) is 0 Å². The van der Waals surface area contributed by atoms with E-state index < -0.39 is 10.5 Å². The minimum Gasteiger partial charge on any atom is -0.464 e. The van der Waals surface area contributed by atoms with Crippen molar-refractivity contribution in [2.45, 2.75) is 57.0 Å². The van der Waals surface area contributed by atoms with E-state index in [0.717, 1.165) is 31.9 Å². The number of nitro groups is 1.